The van der Waals surface area contributed by atoms with Gasteiger partial charge >= 0.3 is 0 Å². The van der Waals surface area contributed by atoms with Gasteiger partial charge in [0, 0.05) is 27.7 Å². The zero-order chi connectivity index (χ0) is 15.7. The lowest BCUT2D eigenvalue weighted by Crippen LogP contribution is -2.11. The summed E-state index contributed by atoms with van der Waals surface area (Å²) < 4.78 is 0. The van der Waals surface area contributed by atoms with E-state index in [0.29, 0.717) is 10.6 Å². The molecule has 2 heterocycles. The number of aromatic nitrogens is 2. The molecule has 1 atom stereocenters. The summed E-state index contributed by atoms with van der Waals surface area (Å²) in [5.41, 5.74) is 3.11. The number of Topliss-reactive ketones (excluding diaryl/α,β-unsaturated/α-hetero) is 1. The minimum Gasteiger partial charge on any atom is -0.292 e. The smallest absolute Gasteiger partial charge is 0.186 e. The van der Waals surface area contributed by atoms with Gasteiger partial charge in [-0.15, -0.1) is 11.3 Å². The number of fused-ring (bicyclic) bond motifs is 1. The van der Waals surface area contributed by atoms with Gasteiger partial charge in [-0.2, -0.15) is 5.26 Å². The zero-order valence-corrected chi connectivity index (χ0v) is 13.0. The normalized spacial score (nSPS) is 12.0. The molecule has 1 unspecified atom stereocenters. The fourth-order valence-corrected chi connectivity index (χ4v) is 3.11. The van der Waals surface area contributed by atoms with Gasteiger partial charge in [-0.25, -0.2) is 4.98 Å². The highest BCUT2D eigenvalue weighted by atomic mass is 32.1. The largest absolute Gasteiger partial charge is 0.292 e. The van der Waals surface area contributed by atoms with Crippen LogP contribution in [0.25, 0.3) is 10.9 Å². The quantitative estimate of drug-likeness (QED) is 0.690. The van der Waals surface area contributed by atoms with Crippen molar-refractivity contribution >= 4 is 28.0 Å². The van der Waals surface area contributed by atoms with Crippen LogP contribution in [0.1, 0.15) is 32.7 Å². The molecule has 0 aliphatic carbocycles. The summed E-state index contributed by atoms with van der Waals surface area (Å²) in [6.07, 6.45) is 0. The summed E-state index contributed by atoms with van der Waals surface area (Å²) in [5.74, 6) is -1.08. The second-order valence-electron chi connectivity index (χ2n) is 5.11. The van der Waals surface area contributed by atoms with Crippen LogP contribution in [-0.2, 0) is 0 Å². The van der Waals surface area contributed by atoms with Crippen molar-refractivity contribution in [1.29, 1.82) is 5.26 Å². The molecule has 1 aromatic carbocycles. The van der Waals surface area contributed by atoms with Gasteiger partial charge in [-0.1, -0.05) is 6.07 Å². The Balaban J connectivity index is 2.00. The predicted molar refractivity (Wildman–Crippen MR) is 86.0 cm³/mol. The standard InChI is InChI=1S/C17H13N3OS/c1-10-3-4-12-7-13(5-6-15(12)19-10)16(21)14(8-18)17-20-11(2)9-22-17/h3-7,9,14H,1-2H3. The number of ketones is 1. The van der Waals surface area contributed by atoms with Crippen LogP contribution in [0.5, 0.6) is 0 Å². The van der Waals surface area contributed by atoms with E-state index in [1.807, 2.05) is 37.4 Å². The molecule has 0 spiro atoms. The lowest BCUT2D eigenvalue weighted by molar-refractivity contribution is 0.0979. The number of carbonyl (C=O) groups excluding carboxylic acids is 1. The summed E-state index contributed by atoms with van der Waals surface area (Å²) >= 11 is 1.34. The molecule has 108 valence electrons. The van der Waals surface area contributed by atoms with E-state index in [2.05, 4.69) is 16.0 Å². The lowest BCUT2D eigenvalue weighted by Gasteiger charge is -2.07. The third-order valence-corrected chi connectivity index (χ3v) is 4.42. The fourth-order valence-electron chi connectivity index (χ4n) is 2.28. The number of nitrogens with zero attached hydrogens (tertiary/aromatic N) is 3. The molecular weight excluding hydrogens is 294 g/mol. The molecule has 0 N–H and O–H groups in total. The van der Waals surface area contributed by atoms with Crippen molar-refractivity contribution < 1.29 is 4.79 Å². The maximum Gasteiger partial charge on any atom is 0.186 e. The lowest BCUT2D eigenvalue weighted by atomic mass is 9.98. The number of pyridine rings is 1. The van der Waals surface area contributed by atoms with E-state index in [-0.39, 0.29) is 5.78 Å². The zero-order valence-electron chi connectivity index (χ0n) is 12.2. The van der Waals surface area contributed by atoms with E-state index in [1.54, 1.807) is 12.1 Å². The Bertz CT molecular complexity index is 908. The minimum atomic E-state index is -0.852. The van der Waals surface area contributed by atoms with Gasteiger partial charge in [0.2, 0.25) is 0 Å². The first-order valence-corrected chi connectivity index (χ1v) is 7.70. The van der Waals surface area contributed by atoms with Crippen molar-refractivity contribution in [2.45, 2.75) is 19.8 Å². The third-order valence-electron chi connectivity index (χ3n) is 3.39. The SMILES string of the molecule is Cc1csc(C(C#N)C(=O)c2ccc3nc(C)ccc3c2)n1. The van der Waals surface area contributed by atoms with Gasteiger partial charge in [0.15, 0.2) is 11.7 Å². The number of aryl methyl sites for hydroxylation is 2. The Morgan fingerprint density at radius 1 is 1.18 bits per heavy atom. The summed E-state index contributed by atoms with van der Waals surface area (Å²) in [7, 11) is 0. The molecule has 2 aromatic heterocycles. The molecule has 5 heteroatoms. The number of nitriles is 1. The van der Waals surface area contributed by atoms with Crippen LogP contribution in [0.4, 0.5) is 0 Å². The van der Waals surface area contributed by atoms with Gasteiger partial charge in [0.25, 0.3) is 0 Å². The van der Waals surface area contributed by atoms with Gasteiger partial charge in [-0.3, -0.25) is 9.78 Å². The number of carbonyl (C=O) groups is 1. The molecule has 0 bridgehead atoms. The topological polar surface area (TPSA) is 66.6 Å². The Morgan fingerprint density at radius 3 is 2.68 bits per heavy atom. The first kappa shape index (κ1) is 14.4. The first-order chi connectivity index (χ1) is 10.6. The van der Waals surface area contributed by atoms with Crippen LogP contribution in [0.2, 0.25) is 0 Å². The molecule has 22 heavy (non-hydrogen) atoms. The van der Waals surface area contributed by atoms with Crippen molar-refractivity contribution in [3.8, 4) is 6.07 Å². The van der Waals surface area contributed by atoms with Gasteiger partial charge in [0.1, 0.15) is 5.01 Å². The Morgan fingerprint density at radius 2 is 2.00 bits per heavy atom. The highest BCUT2D eigenvalue weighted by Gasteiger charge is 2.24. The fraction of sp³-hybridized carbons (Fsp3) is 0.176. The van der Waals surface area contributed by atoms with Crippen LogP contribution in [0.3, 0.4) is 0 Å². The van der Waals surface area contributed by atoms with Crippen LogP contribution in [0, 0.1) is 25.2 Å². The number of thiazole rings is 1. The van der Waals surface area contributed by atoms with E-state index in [0.717, 1.165) is 22.3 Å². The van der Waals surface area contributed by atoms with E-state index in [4.69, 9.17) is 0 Å². The average molecular weight is 307 g/mol. The first-order valence-electron chi connectivity index (χ1n) is 6.82. The van der Waals surface area contributed by atoms with Crippen LogP contribution >= 0.6 is 11.3 Å². The maximum absolute atomic E-state index is 12.6. The van der Waals surface area contributed by atoms with Crippen molar-refractivity contribution in [1.82, 2.24) is 9.97 Å². The summed E-state index contributed by atoms with van der Waals surface area (Å²) in [5, 5.41) is 12.6. The van der Waals surface area contributed by atoms with E-state index in [9.17, 15) is 10.1 Å². The van der Waals surface area contributed by atoms with E-state index >= 15 is 0 Å². The van der Waals surface area contributed by atoms with Gasteiger partial charge in [0.05, 0.1) is 11.6 Å². The van der Waals surface area contributed by atoms with E-state index in [1.165, 1.54) is 11.3 Å². The summed E-state index contributed by atoms with van der Waals surface area (Å²) in [6.45, 7) is 3.78. The molecule has 0 saturated heterocycles. The molecule has 3 aromatic rings. The molecular formula is C17H13N3OS. The maximum atomic E-state index is 12.6. The van der Waals surface area contributed by atoms with Crippen LogP contribution in [0.15, 0.2) is 35.7 Å². The molecule has 0 aliphatic rings. The highest BCUT2D eigenvalue weighted by molar-refractivity contribution is 7.10. The highest BCUT2D eigenvalue weighted by Crippen LogP contribution is 2.25. The number of hydrogen-bond donors (Lipinski definition) is 0. The molecule has 0 amide bonds. The molecule has 0 fully saturated rings. The van der Waals surface area contributed by atoms with Crippen molar-refractivity contribution in [2.24, 2.45) is 0 Å². The van der Waals surface area contributed by atoms with E-state index < -0.39 is 5.92 Å². The number of hydrogen-bond acceptors (Lipinski definition) is 5. The summed E-state index contributed by atoms with van der Waals surface area (Å²) in [6, 6.07) is 11.2. The molecule has 4 nitrogen and oxygen atoms in total. The average Bonchev–Trinajstić information content (AvgIpc) is 2.93. The van der Waals surface area contributed by atoms with Crippen molar-refractivity contribution in [3.05, 3.63) is 57.7 Å². The number of rotatable bonds is 3. The van der Waals surface area contributed by atoms with Gasteiger partial charge < -0.3 is 0 Å². The second-order valence-corrected chi connectivity index (χ2v) is 6.00. The van der Waals surface area contributed by atoms with Gasteiger partial charge in [-0.05, 0) is 38.1 Å². The predicted octanol–water partition coefficient (Wildman–Crippen LogP) is 3.80. The molecule has 0 aliphatic heterocycles. The monoisotopic (exact) mass is 307 g/mol. The Kier molecular flexibility index (Phi) is 3.70. The summed E-state index contributed by atoms with van der Waals surface area (Å²) in [4.78, 5) is 21.3. The third kappa shape index (κ3) is 2.61. The second kappa shape index (κ2) is 5.66. The van der Waals surface area contributed by atoms with Crippen LogP contribution < -0.4 is 0 Å². The molecule has 0 radical (unpaired) electrons. The van der Waals surface area contributed by atoms with Crippen molar-refractivity contribution in [2.75, 3.05) is 0 Å². The van der Waals surface area contributed by atoms with Crippen molar-refractivity contribution in [3.63, 3.8) is 0 Å². The Hall–Kier alpha value is -2.58. The number of benzene rings is 1. The minimum absolute atomic E-state index is 0.223. The van der Waals surface area contributed by atoms with Crippen LogP contribution in [-0.4, -0.2) is 15.8 Å². The molecule has 0 saturated carbocycles. The Labute approximate surface area is 132 Å². The molecule has 3 rings (SSSR count).